The molecule has 0 radical (unpaired) electrons. The third kappa shape index (κ3) is 3.06. The average molecular weight is 382 g/mol. The summed E-state index contributed by atoms with van der Waals surface area (Å²) in [5, 5.41) is 5.42. The lowest BCUT2D eigenvalue weighted by Crippen LogP contribution is -1.89. The quantitative estimate of drug-likeness (QED) is 0.362. The Balaban J connectivity index is 1.62. The maximum Gasteiger partial charge on any atom is 0.182 e. The van der Waals surface area contributed by atoms with Crippen molar-refractivity contribution in [2.75, 3.05) is 0 Å². The molecule has 0 atom stereocenters. The molecule has 134 valence electrons. The number of rotatable bonds is 3. The van der Waals surface area contributed by atoms with Crippen LogP contribution in [0.4, 0.5) is 0 Å². The largest absolute Gasteiger partial charge is 0.220 e. The first kappa shape index (κ1) is 16.7. The number of halogens is 1. The summed E-state index contributed by atoms with van der Waals surface area (Å²) in [5.41, 5.74) is 6.16. The highest BCUT2D eigenvalue weighted by Crippen LogP contribution is 2.29. The van der Waals surface area contributed by atoms with Crippen LogP contribution >= 0.6 is 11.6 Å². The first-order chi connectivity index (χ1) is 13.8. The Morgan fingerprint density at radius 1 is 0.643 bits per heavy atom. The van der Waals surface area contributed by atoms with Crippen LogP contribution in [0.2, 0.25) is 5.02 Å². The van der Waals surface area contributed by atoms with Crippen LogP contribution in [0.3, 0.4) is 0 Å². The normalized spacial score (nSPS) is 11.0. The van der Waals surface area contributed by atoms with E-state index < -0.39 is 0 Å². The maximum absolute atomic E-state index is 6.15. The van der Waals surface area contributed by atoms with Gasteiger partial charge >= 0.3 is 0 Å². The Bertz CT molecular complexity index is 1280. The summed E-state index contributed by atoms with van der Waals surface area (Å²) >= 11 is 6.15. The highest BCUT2D eigenvalue weighted by atomic mass is 35.5. The summed E-state index contributed by atoms with van der Waals surface area (Å²) in [7, 11) is 0. The number of benzene rings is 3. The molecule has 2 aromatic heterocycles. The van der Waals surface area contributed by atoms with Crippen molar-refractivity contribution in [3.8, 4) is 33.6 Å². The van der Waals surface area contributed by atoms with Crippen LogP contribution < -0.4 is 0 Å². The van der Waals surface area contributed by atoms with Gasteiger partial charge in [0.25, 0.3) is 0 Å². The van der Waals surface area contributed by atoms with Gasteiger partial charge in [0, 0.05) is 22.3 Å². The van der Waals surface area contributed by atoms with E-state index in [-0.39, 0.29) is 0 Å². The van der Waals surface area contributed by atoms with E-state index in [0.29, 0.717) is 5.82 Å². The number of fused-ring (bicyclic) bond motifs is 1. The zero-order valence-corrected chi connectivity index (χ0v) is 15.7. The Labute approximate surface area is 167 Å². The fourth-order valence-electron chi connectivity index (χ4n) is 3.38. The maximum atomic E-state index is 6.15. The molecular formula is C24H16ClN3. The van der Waals surface area contributed by atoms with Crippen molar-refractivity contribution in [1.29, 1.82) is 0 Å². The van der Waals surface area contributed by atoms with Crippen LogP contribution in [0.1, 0.15) is 0 Å². The summed E-state index contributed by atoms with van der Waals surface area (Å²) in [6, 6.07) is 30.4. The monoisotopic (exact) mass is 381 g/mol. The molecule has 4 heteroatoms. The number of aromatic nitrogens is 3. The predicted octanol–water partition coefficient (Wildman–Crippen LogP) is 6.38. The van der Waals surface area contributed by atoms with Gasteiger partial charge in [-0.3, -0.25) is 0 Å². The topological polar surface area (TPSA) is 30.2 Å². The molecule has 0 amide bonds. The van der Waals surface area contributed by atoms with Gasteiger partial charge in [0.2, 0.25) is 0 Å². The third-order valence-electron chi connectivity index (χ3n) is 4.73. The van der Waals surface area contributed by atoms with Crippen molar-refractivity contribution >= 4 is 17.2 Å². The van der Waals surface area contributed by atoms with Crippen molar-refractivity contribution in [2.45, 2.75) is 0 Å². The van der Waals surface area contributed by atoms with Crippen LogP contribution in [0.15, 0.2) is 97.2 Å². The molecule has 0 aliphatic heterocycles. The highest BCUT2D eigenvalue weighted by molar-refractivity contribution is 6.30. The van der Waals surface area contributed by atoms with Gasteiger partial charge in [0.05, 0.1) is 0 Å². The van der Waals surface area contributed by atoms with Crippen LogP contribution in [-0.4, -0.2) is 14.6 Å². The summed E-state index contributed by atoms with van der Waals surface area (Å²) in [4.78, 5) is 4.84. The van der Waals surface area contributed by atoms with Gasteiger partial charge in [-0.05, 0) is 47.0 Å². The molecule has 2 heterocycles. The van der Waals surface area contributed by atoms with E-state index in [2.05, 4.69) is 36.4 Å². The minimum Gasteiger partial charge on any atom is -0.220 e. The number of hydrogen-bond acceptors (Lipinski definition) is 2. The Hall–Kier alpha value is -3.43. The second kappa shape index (κ2) is 6.95. The van der Waals surface area contributed by atoms with Gasteiger partial charge in [-0.2, -0.15) is 0 Å². The van der Waals surface area contributed by atoms with Crippen molar-refractivity contribution in [2.24, 2.45) is 0 Å². The first-order valence-electron chi connectivity index (χ1n) is 9.05. The van der Waals surface area contributed by atoms with Crippen molar-refractivity contribution in [1.82, 2.24) is 14.6 Å². The molecule has 0 N–H and O–H groups in total. The Morgan fingerprint density at radius 2 is 1.36 bits per heavy atom. The van der Waals surface area contributed by atoms with Crippen LogP contribution in [0, 0.1) is 0 Å². The van der Waals surface area contributed by atoms with Crippen LogP contribution in [-0.2, 0) is 0 Å². The van der Waals surface area contributed by atoms with Gasteiger partial charge in [-0.15, -0.1) is 5.10 Å². The molecule has 5 rings (SSSR count). The Kier molecular flexibility index (Phi) is 4.15. The average Bonchev–Trinajstić information content (AvgIpc) is 3.19. The van der Waals surface area contributed by atoms with E-state index >= 15 is 0 Å². The highest BCUT2D eigenvalue weighted by Gasteiger charge is 2.11. The fourth-order valence-corrected chi connectivity index (χ4v) is 3.57. The summed E-state index contributed by atoms with van der Waals surface area (Å²) in [6.07, 6.45) is 1.93. The second-order valence-corrected chi connectivity index (χ2v) is 7.02. The molecule has 3 aromatic carbocycles. The summed E-state index contributed by atoms with van der Waals surface area (Å²) < 4.78 is 1.84. The lowest BCUT2D eigenvalue weighted by molar-refractivity contribution is 0.967. The van der Waals surface area contributed by atoms with E-state index in [1.54, 1.807) is 0 Å². The van der Waals surface area contributed by atoms with Crippen molar-refractivity contribution in [3.63, 3.8) is 0 Å². The van der Waals surface area contributed by atoms with E-state index in [1.165, 1.54) is 0 Å². The Morgan fingerprint density at radius 3 is 2.18 bits per heavy atom. The molecule has 5 aromatic rings. The molecule has 0 spiro atoms. The minimum absolute atomic E-state index is 0.701. The molecular weight excluding hydrogens is 366 g/mol. The van der Waals surface area contributed by atoms with E-state index in [1.807, 2.05) is 65.3 Å². The van der Waals surface area contributed by atoms with Crippen molar-refractivity contribution in [3.05, 3.63) is 102 Å². The molecule has 0 saturated carbocycles. The SMILES string of the molecule is Clc1cccc(-c2cccc(-c3nc4c(-c5ccccc5)cccn4n3)c2)c1. The smallest absolute Gasteiger partial charge is 0.182 e. The van der Waals surface area contributed by atoms with E-state index in [0.717, 1.165) is 38.5 Å². The van der Waals surface area contributed by atoms with E-state index in [9.17, 15) is 0 Å². The van der Waals surface area contributed by atoms with Gasteiger partial charge < -0.3 is 0 Å². The predicted molar refractivity (Wildman–Crippen MR) is 114 cm³/mol. The van der Waals surface area contributed by atoms with E-state index in [4.69, 9.17) is 21.7 Å². The molecule has 0 aliphatic carbocycles. The van der Waals surface area contributed by atoms with Gasteiger partial charge in [0.15, 0.2) is 11.5 Å². The fraction of sp³-hybridized carbons (Fsp3) is 0. The minimum atomic E-state index is 0.701. The van der Waals surface area contributed by atoms with Gasteiger partial charge in [-0.1, -0.05) is 72.3 Å². The number of pyridine rings is 1. The molecule has 0 unspecified atom stereocenters. The standard InChI is InChI=1S/C24H16ClN3/c25-21-12-5-10-19(16-21)18-9-4-11-20(15-18)23-26-24-22(13-6-14-28(24)27-23)17-7-2-1-3-8-17/h1-16H. The number of hydrogen-bond donors (Lipinski definition) is 0. The van der Waals surface area contributed by atoms with Gasteiger partial charge in [-0.25, -0.2) is 9.50 Å². The van der Waals surface area contributed by atoms with Crippen LogP contribution in [0.25, 0.3) is 39.3 Å². The van der Waals surface area contributed by atoms with Crippen LogP contribution in [0.5, 0.6) is 0 Å². The molecule has 28 heavy (non-hydrogen) atoms. The third-order valence-corrected chi connectivity index (χ3v) is 4.96. The molecule has 0 bridgehead atoms. The first-order valence-corrected chi connectivity index (χ1v) is 9.43. The molecule has 0 saturated heterocycles. The molecule has 3 nitrogen and oxygen atoms in total. The lowest BCUT2D eigenvalue weighted by Gasteiger charge is -2.04. The lowest BCUT2D eigenvalue weighted by atomic mass is 10.0. The van der Waals surface area contributed by atoms with Gasteiger partial charge in [0.1, 0.15) is 0 Å². The number of nitrogens with zero attached hydrogens (tertiary/aromatic N) is 3. The second-order valence-electron chi connectivity index (χ2n) is 6.58. The van der Waals surface area contributed by atoms with Crippen molar-refractivity contribution < 1.29 is 0 Å². The summed E-state index contributed by atoms with van der Waals surface area (Å²) in [6.45, 7) is 0. The zero-order chi connectivity index (χ0) is 18.9. The molecule has 0 aliphatic rings. The zero-order valence-electron chi connectivity index (χ0n) is 15.0. The summed E-state index contributed by atoms with van der Waals surface area (Å²) in [5.74, 6) is 0.701. The molecule has 0 fully saturated rings.